The lowest BCUT2D eigenvalue weighted by Crippen LogP contribution is -2.09. The summed E-state index contributed by atoms with van der Waals surface area (Å²) in [5.74, 6) is -0.820. The molecule has 1 aromatic carbocycles. The number of carbonyl (C=O) groups excluding carboxylic acids is 1. The van der Waals surface area contributed by atoms with Gasteiger partial charge in [0.1, 0.15) is 11.5 Å². The lowest BCUT2D eigenvalue weighted by atomic mass is 9.97. The fraction of sp³-hybridized carbons (Fsp3) is 0.316. The van der Waals surface area contributed by atoms with E-state index in [1.807, 2.05) is 0 Å². The highest BCUT2D eigenvalue weighted by molar-refractivity contribution is 5.76. The maximum Gasteiger partial charge on any atom is 0.310 e. The van der Waals surface area contributed by atoms with Gasteiger partial charge in [0.25, 0.3) is 0 Å². The van der Waals surface area contributed by atoms with Gasteiger partial charge >= 0.3 is 11.9 Å². The summed E-state index contributed by atoms with van der Waals surface area (Å²) in [4.78, 5) is 26.9. The van der Waals surface area contributed by atoms with Crippen molar-refractivity contribution >= 4 is 11.9 Å². The summed E-state index contributed by atoms with van der Waals surface area (Å²) >= 11 is 0. The Kier molecular flexibility index (Phi) is 6.51. The molecule has 0 saturated heterocycles. The summed E-state index contributed by atoms with van der Waals surface area (Å²) < 4.78 is 10.7. The molecule has 1 atom stereocenters. The number of carbonyl (C=O) groups is 2. The van der Waals surface area contributed by atoms with Crippen LogP contribution in [0.15, 0.2) is 42.7 Å². The first-order chi connectivity index (χ1) is 12.0. The van der Waals surface area contributed by atoms with Crippen LogP contribution in [0.4, 0.5) is 0 Å². The van der Waals surface area contributed by atoms with Crippen molar-refractivity contribution in [3.05, 3.63) is 53.9 Å². The van der Waals surface area contributed by atoms with Crippen molar-refractivity contribution in [2.45, 2.75) is 32.6 Å². The third-order valence-corrected chi connectivity index (χ3v) is 3.65. The molecule has 1 heterocycles. The van der Waals surface area contributed by atoms with E-state index >= 15 is 0 Å². The SMILES string of the molecule is CCOC(=O)CCc1cc(Oc2cccnc2)cc(C(C)C(=O)O)c1. The van der Waals surface area contributed by atoms with Gasteiger partial charge in [0.15, 0.2) is 0 Å². The summed E-state index contributed by atoms with van der Waals surface area (Å²) in [6.45, 7) is 3.71. The zero-order valence-electron chi connectivity index (χ0n) is 14.3. The van der Waals surface area contributed by atoms with Gasteiger partial charge in [-0.25, -0.2) is 0 Å². The van der Waals surface area contributed by atoms with Gasteiger partial charge in [-0.2, -0.15) is 0 Å². The van der Waals surface area contributed by atoms with Crippen LogP contribution in [0.5, 0.6) is 11.5 Å². The molecule has 0 aliphatic heterocycles. The predicted molar refractivity (Wildman–Crippen MR) is 91.8 cm³/mol. The van der Waals surface area contributed by atoms with Crippen LogP contribution in [-0.4, -0.2) is 28.6 Å². The number of carboxylic acids is 1. The van der Waals surface area contributed by atoms with Crippen molar-refractivity contribution in [1.82, 2.24) is 4.98 Å². The number of hydrogen-bond acceptors (Lipinski definition) is 5. The first-order valence-corrected chi connectivity index (χ1v) is 8.09. The number of aliphatic carboxylic acids is 1. The molecule has 1 unspecified atom stereocenters. The number of ether oxygens (including phenoxy) is 2. The number of benzene rings is 1. The van der Waals surface area contributed by atoms with E-state index in [-0.39, 0.29) is 12.4 Å². The van der Waals surface area contributed by atoms with E-state index in [2.05, 4.69) is 4.98 Å². The molecule has 0 fully saturated rings. The van der Waals surface area contributed by atoms with Gasteiger partial charge in [0.2, 0.25) is 0 Å². The van der Waals surface area contributed by atoms with E-state index in [0.717, 1.165) is 5.56 Å². The molecule has 1 aromatic heterocycles. The minimum absolute atomic E-state index is 0.227. The minimum atomic E-state index is -0.921. The molecule has 6 nitrogen and oxygen atoms in total. The van der Waals surface area contributed by atoms with Gasteiger partial charge in [-0.15, -0.1) is 0 Å². The minimum Gasteiger partial charge on any atom is -0.481 e. The molecule has 0 saturated carbocycles. The summed E-state index contributed by atoms with van der Waals surface area (Å²) in [5.41, 5.74) is 1.44. The van der Waals surface area contributed by atoms with Crippen LogP contribution in [0.25, 0.3) is 0 Å². The Bertz CT molecular complexity index is 730. The highest BCUT2D eigenvalue weighted by Gasteiger charge is 2.16. The largest absolute Gasteiger partial charge is 0.481 e. The number of rotatable bonds is 8. The van der Waals surface area contributed by atoms with Crippen LogP contribution in [-0.2, 0) is 20.7 Å². The van der Waals surface area contributed by atoms with Crippen molar-refractivity contribution in [3.8, 4) is 11.5 Å². The molecule has 25 heavy (non-hydrogen) atoms. The maximum atomic E-state index is 11.6. The van der Waals surface area contributed by atoms with Crippen molar-refractivity contribution in [2.24, 2.45) is 0 Å². The molecule has 1 N–H and O–H groups in total. The fourth-order valence-electron chi connectivity index (χ4n) is 2.31. The van der Waals surface area contributed by atoms with Crippen LogP contribution in [0, 0.1) is 0 Å². The van der Waals surface area contributed by atoms with Crippen LogP contribution in [0.3, 0.4) is 0 Å². The molecule has 0 radical (unpaired) electrons. The van der Waals surface area contributed by atoms with Gasteiger partial charge in [0, 0.05) is 12.6 Å². The molecule has 6 heteroatoms. The number of hydrogen-bond donors (Lipinski definition) is 1. The number of pyridine rings is 1. The lowest BCUT2D eigenvalue weighted by molar-refractivity contribution is -0.143. The average Bonchev–Trinajstić information content (AvgIpc) is 2.60. The Morgan fingerprint density at radius 2 is 2.04 bits per heavy atom. The number of esters is 1. The molecule has 132 valence electrons. The normalized spacial score (nSPS) is 11.6. The molecule has 0 bridgehead atoms. The summed E-state index contributed by atoms with van der Waals surface area (Å²) in [7, 11) is 0. The third kappa shape index (κ3) is 5.60. The number of nitrogens with zero attached hydrogens (tertiary/aromatic N) is 1. The first kappa shape index (κ1) is 18.4. The van der Waals surface area contributed by atoms with Crippen molar-refractivity contribution in [3.63, 3.8) is 0 Å². The lowest BCUT2D eigenvalue weighted by Gasteiger charge is -2.13. The summed E-state index contributed by atoms with van der Waals surface area (Å²) in [6.07, 6.45) is 3.89. The zero-order chi connectivity index (χ0) is 18.2. The van der Waals surface area contributed by atoms with Crippen LogP contribution < -0.4 is 4.74 Å². The van der Waals surface area contributed by atoms with E-state index in [1.165, 1.54) is 0 Å². The number of aromatic nitrogens is 1. The van der Waals surface area contributed by atoms with Gasteiger partial charge < -0.3 is 14.6 Å². The fourth-order valence-corrected chi connectivity index (χ4v) is 2.31. The topological polar surface area (TPSA) is 85.7 Å². The van der Waals surface area contributed by atoms with Crippen molar-refractivity contribution in [2.75, 3.05) is 6.61 Å². The molecule has 0 spiro atoms. The van der Waals surface area contributed by atoms with E-state index in [1.54, 1.807) is 56.6 Å². The molecular formula is C19H21NO5. The highest BCUT2D eigenvalue weighted by Crippen LogP contribution is 2.28. The van der Waals surface area contributed by atoms with Gasteiger partial charge in [-0.05, 0) is 55.7 Å². The molecule has 0 aliphatic carbocycles. The van der Waals surface area contributed by atoms with Gasteiger partial charge in [-0.1, -0.05) is 6.07 Å². The molecule has 0 aliphatic rings. The highest BCUT2D eigenvalue weighted by atomic mass is 16.5. The Morgan fingerprint density at radius 1 is 1.24 bits per heavy atom. The standard InChI is InChI=1S/C19H21NO5/c1-3-24-18(21)7-6-14-9-15(13(2)19(22)23)11-17(10-14)25-16-5-4-8-20-12-16/h4-5,8-13H,3,6-7H2,1-2H3,(H,22,23). The van der Waals surface area contributed by atoms with E-state index in [4.69, 9.17) is 9.47 Å². The third-order valence-electron chi connectivity index (χ3n) is 3.65. The Hall–Kier alpha value is -2.89. The average molecular weight is 343 g/mol. The monoisotopic (exact) mass is 343 g/mol. The quantitative estimate of drug-likeness (QED) is 0.738. The molecular weight excluding hydrogens is 322 g/mol. The van der Waals surface area contributed by atoms with Crippen molar-refractivity contribution in [1.29, 1.82) is 0 Å². The first-order valence-electron chi connectivity index (χ1n) is 8.09. The second kappa shape index (κ2) is 8.82. The number of aryl methyl sites for hydroxylation is 1. The Balaban J connectivity index is 2.24. The Labute approximate surface area is 146 Å². The zero-order valence-corrected chi connectivity index (χ0v) is 14.3. The van der Waals surface area contributed by atoms with Crippen molar-refractivity contribution < 1.29 is 24.2 Å². The molecule has 2 rings (SSSR count). The van der Waals surface area contributed by atoms with E-state index in [0.29, 0.717) is 30.1 Å². The van der Waals surface area contributed by atoms with Crippen LogP contribution >= 0.6 is 0 Å². The van der Waals surface area contributed by atoms with Gasteiger partial charge in [0.05, 0.1) is 18.7 Å². The summed E-state index contributed by atoms with van der Waals surface area (Å²) in [5, 5.41) is 9.27. The van der Waals surface area contributed by atoms with Crippen LogP contribution in [0.1, 0.15) is 37.3 Å². The van der Waals surface area contributed by atoms with E-state index < -0.39 is 11.9 Å². The van der Waals surface area contributed by atoms with Gasteiger partial charge in [-0.3, -0.25) is 14.6 Å². The second-order valence-electron chi connectivity index (χ2n) is 5.57. The number of carboxylic acid groups (broad SMARTS) is 1. The molecule has 0 amide bonds. The van der Waals surface area contributed by atoms with E-state index in [9.17, 15) is 14.7 Å². The molecule has 2 aromatic rings. The second-order valence-corrected chi connectivity index (χ2v) is 5.57. The predicted octanol–water partition coefficient (Wildman–Crippen LogP) is 3.56. The smallest absolute Gasteiger partial charge is 0.310 e. The summed E-state index contributed by atoms with van der Waals surface area (Å²) in [6, 6.07) is 8.79. The van der Waals surface area contributed by atoms with Crippen LogP contribution in [0.2, 0.25) is 0 Å². The maximum absolute atomic E-state index is 11.6. The Morgan fingerprint density at radius 3 is 2.68 bits per heavy atom.